The van der Waals surface area contributed by atoms with Crippen molar-refractivity contribution in [2.45, 2.75) is 17.3 Å². The third-order valence-corrected chi connectivity index (χ3v) is 6.93. The van der Waals surface area contributed by atoms with Crippen molar-refractivity contribution in [3.63, 3.8) is 0 Å². The minimum Gasteiger partial charge on any atom is -0.343 e. The second-order valence-electron chi connectivity index (χ2n) is 6.07. The summed E-state index contributed by atoms with van der Waals surface area (Å²) in [6, 6.07) is 7.01. The van der Waals surface area contributed by atoms with Crippen molar-refractivity contribution in [3.05, 3.63) is 46.8 Å². The van der Waals surface area contributed by atoms with Gasteiger partial charge in [0.15, 0.2) is 0 Å². The second kappa shape index (κ2) is 8.93. The van der Waals surface area contributed by atoms with Gasteiger partial charge in [-0.2, -0.15) is 17.5 Å². The van der Waals surface area contributed by atoms with Gasteiger partial charge in [0, 0.05) is 18.3 Å². The zero-order valence-corrected chi connectivity index (χ0v) is 17.0. The summed E-state index contributed by atoms with van der Waals surface area (Å²) in [7, 11) is -2.56. The molecule has 1 aromatic carbocycles. The van der Waals surface area contributed by atoms with Crippen LogP contribution >= 0.6 is 11.3 Å². The van der Waals surface area contributed by atoms with Crippen LogP contribution in [0.3, 0.4) is 0 Å². The van der Waals surface area contributed by atoms with Crippen molar-refractivity contribution in [2.75, 3.05) is 25.5 Å². The molecule has 1 heterocycles. The first-order valence-corrected chi connectivity index (χ1v) is 10.5. The Bertz CT molecular complexity index is 990. The standard InChI is InChI=1S/C17H18F3N3O4S2/c1-11-5-6-12(16(25)21-10-17(18,19)20)8-13(11)22-14(24)9-23(2)29(26,27)15-4-3-7-28-15/h3-8H,9-10H2,1-2H3,(H,21,25)(H,22,24). The van der Waals surface area contributed by atoms with E-state index >= 15 is 0 Å². The predicted octanol–water partition coefficient (Wildman–Crippen LogP) is 2.61. The molecule has 0 radical (unpaired) electrons. The monoisotopic (exact) mass is 449 g/mol. The minimum atomic E-state index is -4.55. The number of hydrogen-bond acceptors (Lipinski definition) is 5. The van der Waals surface area contributed by atoms with Crippen LogP contribution in [0.5, 0.6) is 0 Å². The van der Waals surface area contributed by atoms with E-state index in [0.29, 0.717) is 5.56 Å². The molecule has 12 heteroatoms. The van der Waals surface area contributed by atoms with E-state index in [1.54, 1.807) is 23.7 Å². The number of sulfonamides is 1. The summed E-state index contributed by atoms with van der Waals surface area (Å²) >= 11 is 1.02. The summed E-state index contributed by atoms with van der Waals surface area (Å²) < 4.78 is 62.4. The first-order chi connectivity index (χ1) is 13.4. The molecule has 0 unspecified atom stereocenters. The number of rotatable bonds is 7. The lowest BCUT2D eigenvalue weighted by Crippen LogP contribution is -2.35. The van der Waals surface area contributed by atoms with Crippen LogP contribution in [0.1, 0.15) is 15.9 Å². The van der Waals surface area contributed by atoms with Crippen molar-refractivity contribution in [3.8, 4) is 0 Å². The van der Waals surface area contributed by atoms with E-state index in [1.165, 1.54) is 31.3 Å². The lowest BCUT2D eigenvalue weighted by atomic mass is 10.1. The largest absolute Gasteiger partial charge is 0.405 e. The fourth-order valence-corrected chi connectivity index (χ4v) is 4.55. The lowest BCUT2D eigenvalue weighted by Gasteiger charge is -2.17. The maximum absolute atomic E-state index is 12.4. The lowest BCUT2D eigenvalue weighted by molar-refractivity contribution is -0.123. The van der Waals surface area contributed by atoms with E-state index < -0.39 is 41.1 Å². The number of likely N-dealkylation sites (N-methyl/N-ethyl adjacent to an activating group) is 1. The molecule has 0 aliphatic carbocycles. The Morgan fingerprint density at radius 3 is 2.48 bits per heavy atom. The molecule has 0 fully saturated rings. The number of thiophene rings is 1. The van der Waals surface area contributed by atoms with Gasteiger partial charge >= 0.3 is 6.18 Å². The average molecular weight is 449 g/mol. The van der Waals surface area contributed by atoms with Crippen LogP contribution in [-0.4, -0.2) is 50.9 Å². The van der Waals surface area contributed by atoms with Gasteiger partial charge in [-0.15, -0.1) is 11.3 Å². The SMILES string of the molecule is Cc1ccc(C(=O)NCC(F)(F)F)cc1NC(=O)CN(C)S(=O)(=O)c1cccs1. The Labute approximate surface area is 169 Å². The number of amides is 2. The average Bonchev–Trinajstić information content (AvgIpc) is 3.16. The van der Waals surface area contributed by atoms with Crippen LogP contribution in [0.2, 0.25) is 0 Å². The topological polar surface area (TPSA) is 95.6 Å². The highest BCUT2D eigenvalue weighted by atomic mass is 32.2. The van der Waals surface area contributed by atoms with Gasteiger partial charge < -0.3 is 10.6 Å². The van der Waals surface area contributed by atoms with E-state index in [1.807, 2.05) is 0 Å². The van der Waals surface area contributed by atoms with Gasteiger partial charge in [-0.1, -0.05) is 12.1 Å². The van der Waals surface area contributed by atoms with E-state index in [4.69, 9.17) is 0 Å². The predicted molar refractivity (Wildman–Crippen MR) is 102 cm³/mol. The molecule has 0 atom stereocenters. The van der Waals surface area contributed by atoms with Gasteiger partial charge in [0.25, 0.3) is 15.9 Å². The smallest absolute Gasteiger partial charge is 0.343 e. The number of carbonyl (C=O) groups excluding carboxylic acids is 2. The summed E-state index contributed by atoms with van der Waals surface area (Å²) in [5.74, 6) is -1.61. The molecular formula is C17H18F3N3O4S2. The molecule has 7 nitrogen and oxygen atoms in total. The minimum absolute atomic E-state index is 0.0743. The molecular weight excluding hydrogens is 431 g/mol. The van der Waals surface area contributed by atoms with Gasteiger partial charge in [0.2, 0.25) is 5.91 Å². The molecule has 0 aliphatic rings. The van der Waals surface area contributed by atoms with E-state index in [-0.39, 0.29) is 15.5 Å². The first kappa shape index (κ1) is 22.8. The van der Waals surface area contributed by atoms with Crippen LogP contribution in [0.25, 0.3) is 0 Å². The Hall–Kier alpha value is -2.44. The van der Waals surface area contributed by atoms with Crippen LogP contribution in [-0.2, 0) is 14.8 Å². The molecule has 2 N–H and O–H groups in total. The number of benzene rings is 1. The van der Waals surface area contributed by atoms with Crippen molar-refractivity contribution in [2.24, 2.45) is 0 Å². The molecule has 1 aromatic heterocycles. The van der Waals surface area contributed by atoms with Crippen LogP contribution in [0.15, 0.2) is 39.9 Å². The summed E-state index contributed by atoms with van der Waals surface area (Å²) in [5.41, 5.74) is 0.667. The summed E-state index contributed by atoms with van der Waals surface area (Å²) in [5, 5.41) is 5.82. The molecule has 0 spiro atoms. The van der Waals surface area contributed by atoms with Crippen LogP contribution in [0, 0.1) is 6.92 Å². The summed E-state index contributed by atoms with van der Waals surface area (Å²) in [6.07, 6.45) is -4.55. The van der Waals surface area contributed by atoms with E-state index in [0.717, 1.165) is 15.6 Å². The third-order valence-electron chi connectivity index (χ3n) is 3.75. The number of carbonyl (C=O) groups is 2. The van der Waals surface area contributed by atoms with Crippen LogP contribution in [0.4, 0.5) is 18.9 Å². The fourth-order valence-electron chi connectivity index (χ4n) is 2.22. The fraction of sp³-hybridized carbons (Fsp3) is 0.294. The quantitative estimate of drug-likeness (QED) is 0.679. The van der Waals surface area contributed by atoms with Gasteiger partial charge in [-0.3, -0.25) is 9.59 Å². The second-order valence-corrected chi connectivity index (χ2v) is 9.29. The van der Waals surface area contributed by atoms with Gasteiger partial charge in [0.1, 0.15) is 10.8 Å². The molecule has 158 valence electrons. The Morgan fingerprint density at radius 1 is 1.21 bits per heavy atom. The number of halogens is 3. The highest BCUT2D eigenvalue weighted by Gasteiger charge is 2.28. The van der Waals surface area contributed by atoms with E-state index in [2.05, 4.69) is 5.32 Å². The molecule has 2 aromatic rings. The Kier molecular flexibility index (Phi) is 7.03. The van der Waals surface area contributed by atoms with Crippen molar-refractivity contribution >= 4 is 38.9 Å². The van der Waals surface area contributed by atoms with Crippen LogP contribution < -0.4 is 10.6 Å². The Balaban J connectivity index is 2.07. The van der Waals surface area contributed by atoms with E-state index in [9.17, 15) is 31.2 Å². The molecule has 2 rings (SSSR count). The maximum Gasteiger partial charge on any atom is 0.405 e. The number of nitrogens with one attached hydrogen (secondary N) is 2. The molecule has 0 aliphatic heterocycles. The molecule has 2 amide bonds. The highest BCUT2D eigenvalue weighted by Crippen LogP contribution is 2.21. The molecule has 29 heavy (non-hydrogen) atoms. The van der Waals surface area contributed by atoms with Gasteiger partial charge in [-0.25, -0.2) is 8.42 Å². The number of hydrogen-bond donors (Lipinski definition) is 2. The molecule has 0 bridgehead atoms. The first-order valence-electron chi connectivity index (χ1n) is 8.15. The normalized spacial score (nSPS) is 12.1. The number of aryl methyl sites for hydroxylation is 1. The maximum atomic E-state index is 12.4. The zero-order chi connectivity index (χ0) is 21.8. The molecule has 0 saturated carbocycles. The highest BCUT2D eigenvalue weighted by molar-refractivity contribution is 7.91. The number of anilines is 1. The summed E-state index contributed by atoms with van der Waals surface area (Å²) in [6.45, 7) is -0.337. The van der Waals surface area contributed by atoms with Crippen molar-refractivity contribution in [1.82, 2.24) is 9.62 Å². The summed E-state index contributed by atoms with van der Waals surface area (Å²) in [4.78, 5) is 24.1. The van der Waals surface area contributed by atoms with Gasteiger partial charge in [-0.05, 0) is 36.1 Å². The molecule has 0 saturated heterocycles. The van der Waals surface area contributed by atoms with Crippen molar-refractivity contribution in [1.29, 1.82) is 0 Å². The Morgan fingerprint density at radius 2 is 1.90 bits per heavy atom. The third kappa shape index (κ3) is 6.27. The number of nitrogens with zero attached hydrogens (tertiary/aromatic N) is 1. The van der Waals surface area contributed by atoms with Gasteiger partial charge in [0.05, 0.1) is 6.54 Å². The number of alkyl halides is 3. The zero-order valence-electron chi connectivity index (χ0n) is 15.4. The van der Waals surface area contributed by atoms with Crippen molar-refractivity contribution < 1.29 is 31.2 Å².